The van der Waals surface area contributed by atoms with Gasteiger partial charge in [0.05, 0.1) is 5.69 Å². The molecule has 0 amide bonds. The van der Waals surface area contributed by atoms with Crippen LogP contribution in [0.1, 0.15) is 22.2 Å². The van der Waals surface area contributed by atoms with E-state index in [4.69, 9.17) is 11.6 Å². The fourth-order valence-electron chi connectivity index (χ4n) is 1.57. The zero-order valence-corrected chi connectivity index (χ0v) is 11.5. The van der Waals surface area contributed by atoms with E-state index >= 15 is 0 Å². The Labute approximate surface area is 111 Å². The average molecular weight is 267 g/mol. The molecule has 2 heterocycles. The minimum atomic E-state index is 0.530. The van der Waals surface area contributed by atoms with Crippen molar-refractivity contribution in [3.63, 3.8) is 0 Å². The zero-order chi connectivity index (χ0) is 12.3. The minimum absolute atomic E-state index is 0.530. The summed E-state index contributed by atoms with van der Waals surface area (Å²) in [4.78, 5) is 6.85. The molecule has 0 aliphatic carbocycles. The average Bonchev–Trinajstić information content (AvgIpc) is 2.78. The van der Waals surface area contributed by atoms with Crippen LogP contribution in [0.5, 0.6) is 0 Å². The van der Waals surface area contributed by atoms with Gasteiger partial charge in [-0.3, -0.25) is 0 Å². The molecule has 90 valence electrons. The molecule has 0 radical (unpaired) electrons. The van der Waals surface area contributed by atoms with Crippen molar-refractivity contribution < 1.29 is 0 Å². The van der Waals surface area contributed by atoms with Crippen LogP contribution < -0.4 is 5.32 Å². The van der Waals surface area contributed by atoms with E-state index in [9.17, 15) is 0 Å². The summed E-state index contributed by atoms with van der Waals surface area (Å²) >= 11 is 7.86. The van der Waals surface area contributed by atoms with E-state index in [0.717, 1.165) is 24.2 Å². The Balaban J connectivity index is 2.04. The molecule has 0 bridgehead atoms. The number of anilines is 1. The minimum Gasteiger partial charge on any atom is -0.378 e. The molecule has 0 spiro atoms. The van der Waals surface area contributed by atoms with Crippen LogP contribution in [-0.4, -0.2) is 4.98 Å². The SMILES string of the molecule is CCc1ccc(CNc2cc(C)cnc2Cl)s1. The quantitative estimate of drug-likeness (QED) is 0.836. The molecule has 0 atom stereocenters. The lowest BCUT2D eigenvalue weighted by atomic mass is 10.3. The number of nitrogens with zero attached hydrogens (tertiary/aromatic N) is 1. The molecule has 0 aliphatic heterocycles. The lowest BCUT2D eigenvalue weighted by Gasteiger charge is -2.07. The number of aromatic nitrogens is 1. The number of aryl methyl sites for hydroxylation is 2. The second kappa shape index (κ2) is 5.52. The molecule has 0 saturated carbocycles. The highest BCUT2D eigenvalue weighted by atomic mass is 35.5. The van der Waals surface area contributed by atoms with Gasteiger partial charge in [-0.2, -0.15) is 0 Å². The van der Waals surface area contributed by atoms with Crippen LogP contribution in [0.3, 0.4) is 0 Å². The maximum atomic E-state index is 6.02. The van der Waals surface area contributed by atoms with Gasteiger partial charge < -0.3 is 5.32 Å². The second-order valence-corrected chi connectivity index (χ2v) is 5.54. The van der Waals surface area contributed by atoms with Crippen LogP contribution in [0.15, 0.2) is 24.4 Å². The van der Waals surface area contributed by atoms with E-state index in [1.54, 1.807) is 6.20 Å². The third kappa shape index (κ3) is 3.20. The summed E-state index contributed by atoms with van der Waals surface area (Å²) in [7, 11) is 0. The van der Waals surface area contributed by atoms with Crippen molar-refractivity contribution >= 4 is 28.6 Å². The Bertz CT molecular complexity index is 508. The Hall–Kier alpha value is -1.06. The summed E-state index contributed by atoms with van der Waals surface area (Å²) in [5.74, 6) is 0. The van der Waals surface area contributed by atoms with Gasteiger partial charge in [-0.15, -0.1) is 11.3 Å². The van der Waals surface area contributed by atoms with Gasteiger partial charge in [-0.05, 0) is 37.1 Å². The Morgan fingerprint density at radius 2 is 2.12 bits per heavy atom. The third-order valence-electron chi connectivity index (χ3n) is 2.49. The van der Waals surface area contributed by atoms with Crippen LogP contribution in [0.25, 0.3) is 0 Å². The zero-order valence-electron chi connectivity index (χ0n) is 9.96. The van der Waals surface area contributed by atoms with Crippen LogP contribution in [0, 0.1) is 6.92 Å². The van der Waals surface area contributed by atoms with Gasteiger partial charge in [0.15, 0.2) is 5.15 Å². The summed E-state index contributed by atoms with van der Waals surface area (Å²) < 4.78 is 0. The molecular weight excluding hydrogens is 252 g/mol. The molecule has 0 saturated heterocycles. The second-order valence-electron chi connectivity index (χ2n) is 3.93. The highest BCUT2D eigenvalue weighted by molar-refractivity contribution is 7.12. The number of rotatable bonds is 4. The van der Waals surface area contributed by atoms with E-state index in [2.05, 4.69) is 29.4 Å². The number of hydrogen-bond donors (Lipinski definition) is 1. The largest absolute Gasteiger partial charge is 0.378 e. The number of nitrogens with one attached hydrogen (secondary N) is 1. The van der Waals surface area contributed by atoms with E-state index in [0.29, 0.717) is 5.15 Å². The summed E-state index contributed by atoms with van der Waals surface area (Å²) in [6.45, 7) is 4.98. The van der Waals surface area contributed by atoms with Gasteiger partial charge in [0.1, 0.15) is 0 Å². The molecule has 0 fully saturated rings. The molecule has 1 N–H and O–H groups in total. The lowest BCUT2D eigenvalue weighted by molar-refractivity contribution is 1.16. The van der Waals surface area contributed by atoms with E-state index in [1.807, 2.05) is 24.3 Å². The first-order chi connectivity index (χ1) is 8.19. The third-order valence-corrected chi connectivity index (χ3v) is 4.03. The van der Waals surface area contributed by atoms with Crippen LogP contribution in [0.4, 0.5) is 5.69 Å². The molecule has 4 heteroatoms. The standard InChI is InChI=1S/C13H15ClN2S/c1-3-10-4-5-11(17-10)8-15-12-6-9(2)7-16-13(12)14/h4-7,15H,3,8H2,1-2H3. The Morgan fingerprint density at radius 1 is 1.35 bits per heavy atom. The van der Waals surface area contributed by atoms with Gasteiger partial charge in [0.25, 0.3) is 0 Å². The summed E-state index contributed by atoms with van der Waals surface area (Å²) in [5, 5.41) is 3.85. The molecule has 0 unspecified atom stereocenters. The predicted octanol–water partition coefficient (Wildman–Crippen LogP) is 4.28. The molecular formula is C13H15ClN2S. The summed E-state index contributed by atoms with van der Waals surface area (Å²) in [5.41, 5.74) is 2.01. The van der Waals surface area contributed by atoms with E-state index < -0.39 is 0 Å². The Morgan fingerprint density at radius 3 is 2.82 bits per heavy atom. The monoisotopic (exact) mass is 266 g/mol. The molecule has 2 aromatic heterocycles. The van der Waals surface area contributed by atoms with Crippen LogP contribution in [-0.2, 0) is 13.0 Å². The molecule has 2 aromatic rings. The van der Waals surface area contributed by atoms with Crippen molar-refractivity contribution in [3.8, 4) is 0 Å². The lowest BCUT2D eigenvalue weighted by Crippen LogP contribution is -1.99. The van der Waals surface area contributed by atoms with Crippen molar-refractivity contribution in [3.05, 3.63) is 44.9 Å². The summed E-state index contributed by atoms with van der Waals surface area (Å²) in [6, 6.07) is 6.36. The number of hydrogen-bond acceptors (Lipinski definition) is 3. The highest BCUT2D eigenvalue weighted by Gasteiger charge is 2.03. The number of thiophene rings is 1. The van der Waals surface area contributed by atoms with Gasteiger partial charge in [0, 0.05) is 22.5 Å². The highest BCUT2D eigenvalue weighted by Crippen LogP contribution is 2.22. The molecule has 2 nitrogen and oxygen atoms in total. The molecule has 0 aromatic carbocycles. The van der Waals surface area contributed by atoms with Crippen molar-refractivity contribution in [1.29, 1.82) is 0 Å². The predicted molar refractivity (Wildman–Crippen MR) is 75.0 cm³/mol. The number of pyridine rings is 1. The van der Waals surface area contributed by atoms with Crippen molar-refractivity contribution in [2.45, 2.75) is 26.8 Å². The fourth-order valence-corrected chi connectivity index (χ4v) is 2.63. The maximum absolute atomic E-state index is 6.02. The van der Waals surface area contributed by atoms with E-state index in [1.165, 1.54) is 9.75 Å². The van der Waals surface area contributed by atoms with Crippen molar-refractivity contribution in [1.82, 2.24) is 4.98 Å². The van der Waals surface area contributed by atoms with Gasteiger partial charge >= 0.3 is 0 Å². The van der Waals surface area contributed by atoms with Gasteiger partial charge in [0.2, 0.25) is 0 Å². The van der Waals surface area contributed by atoms with Crippen molar-refractivity contribution in [2.24, 2.45) is 0 Å². The topological polar surface area (TPSA) is 24.9 Å². The van der Waals surface area contributed by atoms with Crippen molar-refractivity contribution in [2.75, 3.05) is 5.32 Å². The fraction of sp³-hybridized carbons (Fsp3) is 0.308. The molecule has 17 heavy (non-hydrogen) atoms. The first kappa shape index (κ1) is 12.4. The van der Waals surface area contributed by atoms with Gasteiger partial charge in [-0.25, -0.2) is 4.98 Å². The summed E-state index contributed by atoms with van der Waals surface area (Å²) in [6.07, 6.45) is 2.87. The first-order valence-electron chi connectivity index (χ1n) is 5.62. The Kier molecular flexibility index (Phi) is 4.02. The van der Waals surface area contributed by atoms with Gasteiger partial charge in [-0.1, -0.05) is 18.5 Å². The van der Waals surface area contributed by atoms with E-state index in [-0.39, 0.29) is 0 Å². The van der Waals surface area contributed by atoms with Crippen LogP contribution >= 0.6 is 22.9 Å². The molecule has 0 aliphatic rings. The number of halogens is 1. The molecule has 2 rings (SSSR count). The first-order valence-corrected chi connectivity index (χ1v) is 6.82. The smallest absolute Gasteiger partial charge is 0.152 e. The van der Waals surface area contributed by atoms with Crippen LogP contribution in [0.2, 0.25) is 5.15 Å². The normalized spacial score (nSPS) is 10.5. The maximum Gasteiger partial charge on any atom is 0.152 e.